The highest BCUT2D eigenvalue weighted by Crippen LogP contribution is 2.19. The average Bonchev–Trinajstić information content (AvgIpc) is 3.00. The summed E-state index contributed by atoms with van der Waals surface area (Å²) >= 11 is 1.56. The van der Waals surface area contributed by atoms with Crippen molar-refractivity contribution >= 4 is 28.2 Å². The summed E-state index contributed by atoms with van der Waals surface area (Å²) in [6.07, 6.45) is 0. The molecule has 0 saturated heterocycles. The lowest BCUT2D eigenvalue weighted by Gasteiger charge is -2.11. The van der Waals surface area contributed by atoms with E-state index in [1.54, 1.807) is 35.6 Å². The fourth-order valence-corrected chi connectivity index (χ4v) is 2.84. The first-order valence-corrected chi connectivity index (χ1v) is 7.40. The second-order valence-electron chi connectivity index (χ2n) is 4.70. The Morgan fingerprint density at radius 3 is 2.81 bits per heavy atom. The van der Waals surface area contributed by atoms with Gasteiger partial charge in [0.2, 0.25) is 0 Å². The van der Waals surface area contributed by atoms with Crippen LogP contribution in [-0.4, -0.2) is 5.91 Å². The first-order chi connectivity index (χ1) is 10.1. The van der Waals surface area contributed by atoms with Crippen molar-refractivity contribution in [2.75, 3.05) is 0 Å². The number of carbonyl (C=O) groups is 1. The molecule has 3 aromatic rings. The Bertz CT molecular complexity index is 836. The van der Waals surface area contributed by atoms with Crippen LogP contribution in [0.5, 0.6) is 0 Å². The van der Waals surface area contributed by atoms with Crippen LogP contribution in [0.15, 0.2) is 57.1 Å². The summed E-state index contributed by atoms with van der Waals surface area (Å²) in [5.41, 5.74) is -0.118. The molecule has 0 fully saturated rings. The molecule has 0 aliphatic rings. The molecule has 1 amide bonds. The van der Waals surface area contributed by atoms with Crippen molar-refractivity contribution in [3.63, 3.8) is 0 Å². The molecule has 0 saturated carbocycles. The monoisotopic (exact) mass is 299 g/mol. The van der Waals surface area contributed by atoms with E-state index in [-0.39, 0.29) is 11.6 Å². The van der Waals surface area contributed by atoms with E-state index in [2.05, 4.69) is 5.32 Å². The van der Waals surface area contributed by atoms with E-state index in [0.717, 1.165) is 10.3 Å². The third kappa shape index (κ3) is 2.73. The maximum atomic E-state index is 12.2. The molecule has 0 unspecified atom stereocenters. The van der Waals surface area contributed by atoms with E-state index in [1.807, 2.05) is 30.5 Å². The highest BCUT2D eigenvalue weighted by atomic mass is 32.1. The van der Waals surface area contributed by atoms with E-state index in [4.69, 9.17) is 4.42 Å². The second-order valence-corrected chi connectivity index (χ2v) is 5.68. The number of hydrogen-bond acceptors (Lipinski definition) is 4. The largest absolute Gasteiger partial charge is 0.422 e. The quantitative estimate of drug-likeness (QED) is 0.755. The van der Waals surface area contributed by atoms with Gasteiger partial charge in [0, 0.05) is 10.3 Å². The molecule has 5 heteroatoms. The van der Waals surface area contributed by atoms with Crippen molar-refractivity contribution in [1.29, 1.82) is 0 Å². The molecule has 0 radical (unpaired) electrons. The summed E-state index contributed by atoms with van der Waals surface area (Å²) in [5, 5.41) is 5.49. The standard InChI is InChI=1S/C16H13NO3S/c1-10(14-7-4-8-21-14)17-15(18)12-9-11-5-2-3-6-13(11)20-16(12)19/h2-10H,1H3,(H,17,18)/t10-/m1/s1. The van der Waals surface area contributed by atoms with Gasteiger partial charge in [0.15, 0.2) is 0 Å². The molecule has 0 spiro atoms. The lowest BCUT2D eigenvalue weighted by atomic mass is 10.1. The lowest BCUT2D eigenvalue weighted by molar-refractivity contribution is 0.0937. The highest BCUT2D eigenvalue weighted by molar-refractivity contribution is 7.10. The van der Waals surface area contributed by atoms with Crippen LogP contribution >= 0.6 is 11.3 Å². The fraction of sp³-hybridized carbons (Fsp3) is 0.125. The minimum atomic E-state index is -0.621. The first kappa shape index (κ1) is 13.6. The molecule has 0 aliphatic heterocycles. The highest BCUT2D eigenvalue weighted by Gasteiger charge is 2.16. The van der Waals surface area contributed by atoms with Crippen LogP contribution in [0.25, 0.3) is 11.0 Å². The molecule has 0 bridgehead atoms. The van der Waals surface area contributed by atoms with E-state index in [9.17, 15) is 9.59 Å². The smallest absolute Gasteiger partial charge is 0.349 e. The number of carbonyl (C=O) groups excluding carboxylic acids is 1. The molecular formula is C16H13NO3S. The SMILES string of the molecule is C[C@@H](NC(=O)c1cc2ccccc2oc1=O)c1cccs1. The van der Waals surface area contributed by atoms with E-state index in [0.29, 0.717) is 5.58 Å². The Morgan fingerprint density at radius 2 is 2.05 bits per heavy atom. The zero-order valence-electron chi connectivity index (χ0n) is 11.3. The molecule has 1 aromatic carbocycles. The van der Waals surface area contributed by atoms with Crippen molar-refractivity contribution < 1.29 is 9.21 Å². The van der Waals surface area contributed by atoms with Crippen molar-refractivity contribution in [2.45, 2.75) is 13.0 Å². The predicted octanol–water partition coefficient (Wildman–Crippen LogP) is 3.35. The second kappa shape index (κ2) is 5.54. The van der Waals surface area contributed by atoms with Crippen LogP contribution < -0.4 is 10.9 Å². The molecule has 3 rings (SSSR count). The van der Waals surface area contributed by atoms with Crippen LogP contribution in [0.4, 0.5) is 0 Å². The van der Waals surface area contributed by atoms with Crippen LogP contribution in [0, 0.1) is 0 Å². The van der Waals surface area contributed by atoms with Crippen molar-refractivity contribution in [1.82, 2.24) is 5.32 Å². The molecule has 1 N–H and O–H groups in total. The third-order valence-corrected chi connectivity index (χ3v) is 4.26. The predicted molar refractivity (Wildman–Crippen MR) is 82.7 cm³/mol. The van der Waals surface area contributed by atoms with Crippen LogP contribution in [0.2, 0.25) is 0 Å². The van der Waals surface area contributed by atoms with Gasteiger partial charge in [0.05, 0.1) is 6.04 Å². The summed E-state index contributed by atoms with van der Waals surface area (Å²) < 4.78 is 5.17. The van der Waals surface area contributed by atoms with Crippen LogP contribution in [0.3, 0.4) is 0 Å². The van der Waals surface area contributed by atoms with E-state index >= 15 is 0 Å². The number of thiophene rings is 1. The minimum absolute atomic E-state index is 0.0251. The Hall–Kier alpha value is -2.40. The fourth-order valence-electron chi connectivity index (χ4n) is 2.10. The van der Waals surface area contributed by atoms with Gasteiger partial charge in [-0.2, -0.15) is 0 Å². The lowest BCUT2D eigenvalue weighted by Crippen LogP contribution is -2.30. The maximum Gasteiger partial charge on any atom is 0.349 e. The number of hydrogen-bond donors (Lipinski definition) is 1. The number of amides is 1. The topological polar surface area (TPSA) is 59.3 Å². The number of nitrogens with one attached hydrogen (secondary N) is 1. The maximum absolute atomic E-state index is 12.2. The van der Waals surface area contributed by atoms with Gasteiger partial charge in [0.25, 0.3) is 5.91 Å². The number of para-hydroxylation sites is 1. The summed E-state index contributed by atoms with van der Waals surface area (Å²) in [6, 6.07) is 12.4. The summed E-state index contributed by atoms with van der Waals surface area (Å²) in [4.78, 5) is 25.2. The normalized spacial score (nSPS) is 12.2. The van der Waals surface area contributed by atoms with Crippen LogP contribution in [0.1, 0.15) is 28.2 Å². The van der Waals surface area contributed by atoms with Gasteiger partial charge < -0.3 is 9.73 Å². The van der Waals surface area contributed by atoms with Gasteiger partial charge in [-0.15, -0.1) is 11.3 Å². The van der Waals surface area contributed by atoms with E-state index < -0.39 is 11.5 Å². The Balaban J connectivity index is 1.91. The van der Waals surface area contributed by atoms with Gasteiger partial charge in [0.1, 0.15) is 11.1 Å². The van der Waals surface area contributed by atoms with Gasteiger partial charge in [-0.1, -0.05) is 24.3 Å². The zero-order chi connectivity index (χ0) is 14.8. The van der Waals surface area contributed by atoms with Gasteiger partial charge in [-0.25, -0.2) is 4.79 Å². The summed E-state index contributed by atoms with van der Waals surface area (Å²) in [6.45, 7) is 1.88. The molecule has 2 heterocycles. The first-order valence-electron chi connectivity index (χ1n) is 6.52. The van der Waals surface area contributed by atoms with Gasteiger partial charge >= 0.3 is 5.63 Å². The molecule has 21 heavy (non-hydrogen) atoms. The number of benzene rings is 1. The van der Waals surface area contributed by atoms with E-state index in [1.165, 1.54) is 0 Å². The molecule has 4 nitrogen and oxygen atoms in total. The average molecular weight is 299 g/mol. The molecule has 106 valence electrons. The van der Waals surface area contributed by atoms with Crippen molar-refractivity contribution in [2.24, 2.45) is 0 Å². The Labute approximate surface area is 125 Å². The molecule has 1 atom stereocenters. The Kier molecular flexibility index (Phi) is 3.58. The molecule has 0 aliphatic carbocycles. The molecule has 2 aromatic heterocycles. The number of fused-ring (bicyclic) bond motifs is 1. The van der Waals surface area contributed by atoms with Crippen LogP contribution in [-0.2, 0) is 0 Å². The third-order valence-electron chi connectivity index (χ3n) is 3.20. The summed E-state index contributed by atoms with van der Waals surface area (Å²) in [5.74, 6) is -0.421. The zero-order valence-corrected chi connectivity index (χ0v) is 12.1. The van der Waals surface area contributed by atoms with Crippen molar-refractivity contribution in [3.05, 3.63) is 68.7 Å². The molecular weight excluding hydrogens is 286 g/mol. The van der Waals surface area contributed by atoms with Crippen molar-refractivity contribution in [3.8, 4) is 0 Å². The number of rotatable bonds is 3. The van der Waals surface area contributed by atoms with Gasteiger partial charge in [-0.3, -0.25) is 4.79 Å². The minimum Gasteiger partial charge on any atom is -0.422 e. The van der Waals surface area contributed by atoms with Gasteiger partial charge in [-0.05, 0) is 30.5 Å². The Morgan fingerprint density at radius 1 is 1.24 bits per heavy atom. The summed E-state index contributed by atoms with van der Waals surface area (Å²) in [7, 11) is 0.